The fraction of sp³-hybridized carbons (Fsp3) is 0.222. The third-order valence-electron chi connectivity index (χ3n) is 5.38. The minimum absolute atomic E-state index is 0.126. The van der Waals surface area contributed by atoms with Crippen molar-refractivity contribution in [3.8, 4) is 0 Å². The van der Waals surface area contributed by atoms with Crippen LogP contribution in [-0.2, 0) is 14.3 Å². The van der Waals surface area contributed by atoms with Gasteiger partial charge in [-0.1, -0.05) is 67.8 Å². The summed E-state index contributed by atoms with van der Waals surface area (Å²) in [5, 5.41) is 1.96. The van der Waals surface area contributed by atoms with Gasteiger partial charge >= 0.3 is 12.2 Å². The lowest BCUT2D eigenvalue weighted by atomic mass is 9.90. The van der Waals surface area contributed by atoms with Crippen molar-refractivity contribution in [1.82, 2.24) is 9.80 Å². The van der Waals surface area contributed by atoms with Gasteiger partial charge in [0.2, 0.25) is 0 Å². The summed E-state index contributed by atoms with van der Waals surface area (Å²) < 4.78 is 10.6. The number of imide groups is 1. The molecule has 3 heterocycles. The number of β-lactam (4-membered cyclic amide) rings is 1. The molecule has 3 rings (SSSR count). The minimum Gasteiger partial charge on any atom is -0.447 e. The molecule has 8 heteroatoms. The second-order valence-corrected chi connectivity index (χ2v) is 8.58. The number of amides is 3. The Morgan fingerprint density at radius 1 is 1.26 bits per heavy atom. The SMILES string of the molecule is C=C/C=C(\C=C)OC(=O)N1C(=O)[C@H](N2C(=O)OC[C@@H]2/C=C/C=C\C=C/C)[C@H]1C/C=C/c1cccs1. The average molecular weight is 493 g/mol. The second kappa shape index (κ2) is 12.5. The van der Waals surface area contributed by atoms with Crippen LogP contribution in [0.1, 0.15) is 18.2 Å². The largest absolute Gasteiger partial charge is 0.447 e. The van der Waals surface area contributed by atoms with E-state index >= 15 is 0 Å². The fourth-order valence-electron chi connectivity index (χ4n) is 3.76. The Bertz CT molecular complexity index is 1100. The van der Waals surface area contributed by atoms with E-state index in [2.05, 4.69) is 13.2 Å². The van der Waals surface area contributed by atoms with Gasteiger partial charge in [-0.3, -0.25) is 9.69 Å². The number of cyclic esters (lactones) is 1. The predicted molar refractivity (Wildman–Crippen MR) is 137 cm³/mol. The van der Waals surface area contributed by atoms with Crippen molar-refractivity contribution in [2.24, 2.45) is 0 Å². The number of thiophene rings is 1. The third-order valence-corrected chi connectivity index (χ3v) is 6.22. The van der Waals surface area contributed by atoms with E-state index in [0.717, 1.165) is 9.78 Å². The number of nitrogens with zero attached hydrogens (tertiary/aromatic N) is 2. The van der Waals surface area contributed by atoms with Gasteiger partial charge in [-0.25, -0.2) is 14.5 Å². The predicted octanol–water partition coefficient (Wildman–Crippen LogP) is 5.63. The summed E-state index contributed by atoms with van der Waals surface area (Å²) in [4.78, 5) is 42.1. The Labute approximate surface area is 209 Å². The highest BCUT2D eigenvalue weighted by Gasteiger charge is 2.58. The van der Waals surface area contributed by atoms with Gasteiger partial charge in [-0.05, 0) is 43.0 Å². The molecule has 0 bridgehead atoms. The van der Waals surface area contributed by atoms with Crippen LogP contribution in [-0.4, -0.2) is 52.6 Å². The zero-order valence-electron chi connectivity index (χ0n) is 19.5. The lowest BCUT2D eigenvalue weighted by Crippen LogP contribution is -2.73. The molecule has 0 aromatic carbocycles. The molecule has 3 atom stereocenters. The normalized spacial score (nSPS) is 23.0. The minimum atomic E-state index is -0.852. The highest BCUT2D eigenvalue weighted by molar-refractivity contribution is 7.10. The molecule has 1 aromatic heterocycles. The van der Waals surface area contributed by atoms with Crippen molar-refractivity contribution >= 4 is 35.5 Å². The van der Waals surface area contributed by atoms with Gasteiger partial charge < -0.3 is 9.47 Å². The summed E-state index contributed by atoms with van der Waals surface area (Å²) >= 11 is 1.57. The smallest absolute Gasteiger partial charge is 0.422 e. The third kappa shape index (κ3) is 6.16. The average Bonchev–Trinajstić information content (AvgIpc) is 3.48. The maximum atomic E-state index is 13.2. The number of allylic oxidation sites excluding steroid dienone is 8. The summed E-state index contributed by atoms with van der Waals surface area (Å²) in [7, 11) is 0. The maximum Gasteiger partial charge on any atom is 0.422 e. The topological polar surface area (TPSA) is 76.2 Å². The van der Waals surface area contributed by atoms with Crippen molar-refractivity contribution in [3.05, 3.63) is 102 Å². The molecule has 2 aliphatic rings. The van der Waals surface area contributed by atoms with Crippen molar-refractivity contribution in [1.29, 1.82) is 0 Å². The highest BCUT2D eigenvalue weighted by atomic mass is 32.1. The van der Waals surface area contributed by atoms with Crippen molar-refractivity contribution in [2.45, 2.75) is 31.5 Å². The molecule has 0 radical (unpaired) electrons. The van der Waals surface area contributed by atoms with Crippen LogP contribution in [0.4, 0.5) is 9.59 Å². The van der Waals surface area contributed by atoms with Crippen LogP contribution in [0.15, 0.2) is 97.2 Å². The van der Waals surface area contributed by atoms with Crippen molar-refractivity contribution in [2.75, 3.05) is 6.61 Å². The van der Waals surface area contributed by atoms with Crippen LogP contribution in [0, 0.1) is 0 Å². The molecule has 182 valence electrons. The summed E-state index contributed by atoms with van der Waals surface area (Å²) in [5.41, 5.74) is 0. The van der Waals surface area contributed by atoms with Crippen molar-refractivity contribution in [3.63, 3.8) is 0 Å². The van der Waals surface area contributed by atoms with Crippen LogP contribution in [0.3, 0.4) is 0 Å². The second-order valence-electron chi connectivity index (χ2n) is 7.60. The first-order valence-electron chi connectivity index (χ1n) is 11.1. The molecule has 0 unspecified atom stereocenters. The van der Waals surface area contributed by atoms with E-state index in [-0.39, 0.29) is 12.4 Å². The summed E-state index contributed by atoms with van der Waals surface area (Å²) in [5.74, 6) is -0.350. The van der Waals surface area contributed by atoms with Gasteiger partial charge in [0, 0.05) is 4.88 Å². The molecule has 0 aliphatic carbocycles. The molecule has 0 N–H and O–H groups in total. The molecule has 35 heavy (non-hydrogen) atoms. The highest BCUT2D eigenvalue weighted by Crippen LogP contribution is 2.34. The summed E-state index contributed by atoms with van der Waals surface area (Å²) in [6.45, 7) is 9.22. The van der Waals surface area contributed by atoms with Crippen LogP contribution >= 0.6 is 11.3 Å². The number of hydrogen-bond acceptors (Lipinski definition) is 6. The zero-order chi connectivity index (χ0) is 25.2. The first kappa shape index (κ1) is 25.7. The van der Waals surface area contributed by atoms with E-state index in [0.29, 0.717) is 6.42 Å². The molecular weight excluding hydrogens is 464 g/mol. The van der Waals surface area contributed by atoms with E-state index < -0.39 is 36.2 Å². The standard InChI is InChI=1S/C27H28N2O5S/c1-4-7-8-9-10-14-20-19-33-26(31)28(20)24-23(17-11-15-22-16-12-18-35-22)29(25(24)30)27(32)34-21(6-3)13-5-2/h4-16,18,20,23-24H,2-3,17,19H2,1H3/b7-4-,9-8-,14-10+,15-11+,21-13+/t20-,23+,24+/m0/s1. The maximum absolute atomic E-state index is 13.2. The van der Waals surface area contributed by atoms with Crippen LogP contribution in [0.25, 0.3) is 6.08 Å². The van der Waals surface area contributed by atoms with Gasteiger partial charge in [-0.2, -0.15) is 0 Å². The molecule has 3 amide bonds. The number of carbonyl (C=O) groups is 3. The number of carbonyl (C=O) groups excluding carboxylic acids is 3. The van der Waals surface area contributed by atoms with Gasteiger partial charge in [0.1, 0.15) is 18.4 Å². The van der Waals surface area contributed by atoms with Gasteiger partial charge in [-0.15, -0.1) is 11.3 Å². The van der Waals surface area contributed by atoms with E-state index in [4.69, 9.17) is 9.47 Å². The number of ether oxygens (including phenoxy) is 2. The van der Waals surface area contributed by atoms with E-state index in [9.17, 15) is 14.4 Å². The Morgan fingerprint density at radius 3 is 2.74 bits per heavy atom. The Hall–Kier alpha value is -3.91. The summed E-state index contributed by atoms with van der Waals surface area (Å²) in [6.07, 6.45) is 18.1. The van der Waals surface area contributed by atoms with Crippen molar-refractivity contribution < 1.29 is 23.9 Å². The molecule has 2 saturated heterocycles. The molecule has 2 fully saturated rings. The van der Waals surface area contributed by atoms with E-state index in [1.807, 2.05) is 60.9 Å². The molecule has 0 spiro atoms. The van der Waals surface area contributed by atoms with Gasteiger partial charge in [0.25, 0.3) is 5.91 Å². The first-order chi connectivity index (χ1) is 17.0. The van der Waals surface area contributed by atoms with Crippen LogP contribution in [0.2, 0.25) is 0 Å². The fourth-order valence-corrected chi connectivity index (χ4v) is 4.41. The van der Waals surface area contributed by atoms with Crippen LogP contribution < -0.4 is 0 Å². The Morgan fingerprint density at radius 2 is 2.06 bits per heavy atom. The quantitative estimate of drug-likeness (QED) is 0.240. The molecular formula is C27H28N2O5S. The van der Waals surface area contributed by atoms with E-state index in [1.165, 1.54) is 23.1 Å². The van der Waals surface area contributed by atoms with Gasteiger partial charge in [0.15, 0.2) is 0 Å². The Kier molecular flexibility index (Phi) is 9.20. The number of likely N-dealkylation sites (tertiary alicyclic amines) is 1. The van der Waals surface area contributed by atoms with Gasteiger partial charge in [0.05, 0.1) is 12.1 Å². The Balaban J connectivity index is 1.83. The zero-order valence-corrected chi connectivity index (χ0v) is 20.3. The summed E-state index contributed by atoms with van der Waals surface area (Å²) in [6, 6.07) is 2.01. The number of rotatable bonds is 10. The monoisotopic (exact) mass is 492 g/mol. The number of hydrogen-bond donors (Lipinski definition) is 0. The lowest BCUT2D eigenvalue weighted by molar-refractivity contribution is -0.152. The molecule has 1 aromatic rings. The molecule has 2 aliphatic heterocycles. The molecule has 0 saturated carbocycles. The van der Waals surface area contributed by atoms with E-state index in [1.54, 1.807) is 23.5 Å². The lowest BCUT2D eigenvalue weighted by Gasteiger charge is -2.48. The molecule has 7 nitrogen and oxygen atoms in total. The van der Waals surface area contributed by atoms with Crippen LogP contribution in [0.5, 0.6) is 0 Å². The first-order valence-corrected chi connectivity index (χ1v) is 12.0.